The molecule has 0 aromatic carbocycles. The fraction of sp³-hybridized carbons (Fsp3) is 0.900. The molecule has 3 heteroatoms. The maximum Gasteiger partial charge on any atom is 0.191 e. The maximum atomic E-state index is 5.87. The summed E-state index contributed by atoms with van der Waals surface area (Å²) in [5.74, 6) is 1.31. The topological polar surface area (TPSA) is 41.6 Å². The summed E-state index contributed by atoms with van der Waals surface area (Å²) in [5, 5.41) is 0. The third-order valence-electron chi connectivity index (χ3n) is 2.80. The SMILES string of the molecule is CC(C)C(C)N(C)C(N)=NC1CC1. The van der Waals surface area contributed by atoms with E-state index in [4.69, 9.17) is 5.73 Å². The van der Waals surface area contributed by atoms with Gasteiger partial charge in [0.15, 0.2) is 5.96 Å². The van der Waals surface area contributed by atoms with Crippen molar-refractivity contribution in [2.75, 3.05) is 7.05 Å². The van der Waals surface area contributed by atoms with Crippen molar-refractivity contribution in [3.05, 3.63) is 0 Å². The summed E-state index contributed by atoms with van der Waals surface area (Å²) >= 11 is 0. The third kappa shape index (κ3) is 2.90. The highest BCUT2D eigenvalue weighted by molar-refractivity contribution is 5.78. The van der Waals surface area contributed by atoms with E-state index in [0.29, 0.717) is 24.0 Å². The van der Waals surface area contributed by atoms with E-state index in [-0.39, 0.29) is 0 Å². The van der Waals surface area contributed by atoms with Gasteiger partial charge in [-0.1, -0.05) is 13.8 Å². The first-order chi connectivity index (χ1) is 6.02. The lowest BCUT2D eigenvalue weighted by atomic mass is 10.1. The van der Waals surface area contributed by atoms with Crippen molar-refractivity contribution in [2.45, 2.75) is 45.7 Å². The molecule has 0 radical (unpaired) electrons. The van der Waals surface area contributed by atoms with Crippen LogP contribution in [-0.4, -0.2) is 30.0 Å². The molecule has 0 aromatic rings. The molecule has 1 aliphatic carbocycles. The number of nitrogens with two attached hydrogens (primary N) is 1. The lowest BCUT2D eigenvalue weighted by Gasteiger charge is -2.28. The van der Waals surface area contributed by atoms with Gasteiger partial charge in [-0.2, -0.15) is 0 Å². The summed E-state index contributed by atoms with van der Waals surface area (Å²) < 4.78 is 0. The molecule has 0 aromatic heterocycles. The fourth-order valence-electron chi connectivity index (χ4n) is 1.14. The quantitative estimate of drug-likeness (QED) is 0.531. The minimum absolute atomic E-state index is 0.461. The van der Waals surface area contributed by atoms with Crippen LogP contribution >= 0.6 is 0 Å². The fourth-order valence-corrected chi connectivity index (χ4v) is 1.14. The average molecular weight is 183 g/mol. The van der Waals surface area contributed by atoms with Gasteiger partial charge < -0.3 is 10.6 Å². The molecule has 0 heterocycles. The van der Waals surface area contributed by atoms with Crippen LogP contribution in [0.3, 0.4) is 0 Å². The minimum atomic E-state index is 0.461. The second-order valence-electron chi connectivity index (χ2n) is 4.31. The molecule has 1 aliphatic rings. The molecule has 1 rings (SSSR count). The Bertz CT molecular complexity index is 194. The molecule has 0 amide bonds. The Morgan fingerprint density at radius 1 is 1.38 bits per heavy atom. The van der Waals surface area contributed by atoms with Gasteiger partial charge in [0.25, 0.3) is 0 Å². The Morgan fingerprint density at radius 3 is 2.31 bits per heavy atom. The van der Waals surface area contributed by atoms with Gasteiger partial charge in [-0.05, 0) is 25.7 Å². The molecule has 76 valence electrons. The highest BCUT2D eigenvalue weighted by Crippen LogP contribution is 2.23. The zero-order chi connectivity index (χ0) is 10.0. The number of aliphatic imine (C=N–C) groups is 1. The Labute approximate surface area is 81.0 Å². The van der Waals surface area contributed by atoms with Crippen molar-refractivity contribution in [2.24, 2.45) is 16.6 Å². The first-order valence-electron chi connectivity index (χ1n) is 5.08. The van der Waals surface area contributed by atoms with Crippen molar-refractivity contribution in [1.29, 1.82) is 0 Å². The van der Waals surface area contributed by atoms with E-state index in [1.54, 1.807) is 0 Å². The highest BCUT2D eigenvalue weighted by Gasteiger charge is 2.22. The van der Waals surface area contributed by atoms with Crippen LogP contribution in [0.15, 0.2) is 4.99 Å². The Kier molecular flexibility index (Phi) is 3.17. The first-order valence-corrected chi connectivity index (χ1v) is 5.08. The summed E-state index contributed by atoms with van der Waals surface area (Å²) in [6, 6.07) is 0.976. The van der Waals surface area contributed by atoms with E-state index >= 15 is 0 Å². The summed E-state index contributed by atoms with van der Waals surface area (Å²) in [5.41, 5.74) is 5.87. The number of guanidine groups is 1. The van der Waals surface area contributed by atoms with E-state index in [1.165, 1.54) is 12.8 Å². The average Bonchev–Trinajstić information content (AvgIpc) is 2.85. The molecule has 1 atom stereocenters. The summed E-state index contributed by atoms with van der Waals surface area (Å²) in [6.07, 6.45) is 2.43. The van der Waals surface area contributed by atoms with Crippen LogP contribution in [0.4, 0.5) is 0 Å². The normalized spacial score (nSPS) is 20.5. The van der Waals surface area contributed by atoms with Crippen molar-refractivity contribution < 1.29 is 0 Å². The number of hydrogen-bond acceptors (Lipinski definition) is 1. The summed E-state index contributed by atoms with van der Waals surface area (Å²) in [4.78, 5) is 6.48. The minimum Gasteiger partial charge on any atom is -0.370 e. The van der Waals surface area contributed by atoms with Gasteiger partial charge in [0.05, 0.1) is 6.04 Å². The van der Waals surface area contributed by atoms with Crippen molar-refractivity contribution in [3.8, 4) is 0 Å². The predicted molar refractivity (Wildman–Crippen MR) is 56.7 cm³/mol. The van der Waals surface area contributed by atoms with Crippen molar-refractivity contribution in [1.82, 2.24) is 4.90 Å². The molecule has 2 N–H and O–H groups in total. The molecular formula is C10H21N3. The van der Waals surface area contributed by atoms with Gasteiger partial charge in [-0.25, -0.2) is 4.99 Å². The van der Waals surface area contributed by atoms with Crippen LogP contribution in [0, 0.1) is 5.92 Å². The Balaban J connectivity index is 2.49. The zero-order valence-electron chi connectivity index (χ0n) is 9.12. The lowest BCUT2D eigenvalue weighted by Crippen LogP contribution is -2.43. The number of hydrogen-bond donors (Lipinski definition) is 1. The molecule has 1 unspecified atom stereocenters. The summed E-state index contributed by atoms with van der Waals surface area (Å²) in [7, 11) is 2.02. The van der Waals surface area contributed by atoms with Crippen LogP contribution in [-0.2, 0) is 0 Å². The van der Waals surface area contributed by atoms with Crippen LogP contribution in [0.5, 0.6) is 0 Å². The van der Waals surface area contributed by atoms with Crippen molar-refractivity contribution >= 4 is 5.96 Å². The molecule has 0 spiro atoms. The Hall–Kier alpha value is -0.730. The summed E-state index contributed by atoms with van der Waals surface area (Å²) in [6.45, 7) is 6.58. The monoisotopic (exact) mass is 183 g/mol. The van der Waals surface area contributed by atoms with Gasteiger partial charge in [-0.3, -0.25) is 0 Å². The number of rotatable bonds is 3. The highest BCUT2D eigenvalue weighted by atomic mass is 15.3. The molecule has 1 fully saturated rings. The molecule has 3 nitrogen and oxygen atoms in total. The van der Waals surface area contributed by atoms with Gasteiger partial charge >= 0.3 is 0 Å². The van der Waals surface area contributed by atoms with E-state index in [0.717, 1.165) is 0 Å². The smallest absolute Gasteiger partial charge is 0.191 e. The van der Waals surface area contributed by atoms with Gasteiger partial charge in [0.1, 0.15) is 0 Å². The molecule has 0 saturated heterocycles. The van der Waals surface area contributed by atoms with Gasteiger partial charge in [-0.15, -0.1) is 0 Å². The van der Waals surface area contributed by atoms with Crippen LogP contribution in [0.2, 0.25) is 0 Å². The zero-order valence-corrected chi connectivity index (χ0v) is 9.12. The molecular weight excluding hydrogens is 162 g/mol. The van der Waals surface area contributed by atoms with Crippen LogP contribution < -0.4 is 5.73 Å². The lowest BCUT2D eigenvalue weighted by molar-refractivity contribution is 0.305. The van der Waals surface area contributed by atoms with E-state index in [9.17, 15) is 0 Å². The van der Waals surface area contributed by atoms with E-state index in [1.807, 2.05) is 7.05 Å². The van der Waals surface area contributed by atoms with Gasteiger partial charge in [0, 0.05) is 13.1 Å². The van der Waals surface area contributed by atoms with Crippen LogP contribution in [0.25, 0.3) is 0 Å². The first kappa shape index (κ1) is 10.4. The molecule has 0 aliphatic heterocycles. The predicted octanol–water partition coefficient (Wildman–Crippen LogP) is 1.44. The number of nitrogens with zero attached hydrogens (tertiary/aromatic N) is 2. The second-order valence-corrected chi connectivity index (χ2v) is 4.31. The van der Waals surface area contributed by atoms with Gasteiger partial charge in [0.2, 0.25) is 0 Å². The molecule has 1 saturated carbocycles. The molecule has 0 bridgehead atoms. The van der Waals surface area contributed by atoms with E-state index in [2.05, 4.69) is 30.7 Å². The largest absolute Gasteiger partial charge is 0.370 e. The second kappa shape index (κ2) is 3.99. The maximum absolute atomic E-state index is 5.87. The molecule has 13 heavy (non-hydrogen) atoms. The van der Waals surface area contributed by atoms with Crippen molar-refractivity contribution in [3.63, 3.8) is 0 Å². The van der Waals surface area contributed by atoms with E-state index < -0.39 is 0 Å². The Morgan fingerprint density at radius 2 is 1.92 bits per heavy atom. The third-order valence-corrected chi connectivity index (χ3v) is 2.80. The standard InChI is InChI=1S/C10H21N3/c1-7(2)8(3)13(4)10(11)12-9-5-6-9/h7-9H,5-6H2,1-4H3,(H2,11,12). The van der Waals surface area contributed by atoms with Crippen LogP contribution in [0.1, 0.15) is 33.6 Å².